The van der Waals surface area contributed by atoms with Gasteiger partial charge in [-0.3, -0.25) is 14.4 Å². The Morgan fingerprint density at radius 1 is 0.259 bits per heavy atom. The van der Waals surface area contributed by atoms with Crippen molar-refractivity contribution in [3.63, 3.8) is 0 Å². The van der Waals surface area contributed by atoms with E-state index in [2.05, 4.69) is 142 Å². The summed E-state index contributed by atoms with van der Waals surface area (Å²) < 4.78 is 17.0. The summed E-state index contributed by atoms with van der Waals surface area (Å²) in [4.78, 5) is 38.5. The van der Waals surface area contributed by atoms with E-state index in [1.807, 2.05) is 0 Å². The van der Waals surface area contributed by atoms with Gasteiger partial charge in [-0.25, -0.2) is 0 Å². The van der Waals surface area contributed by atoms with Gasteiger partial charge in [0.05, 0.1) is 0 Å². The van der Waals surface area contributed by atoms with Crippen molar-refractivity contribution in [2.24, 2.45) is 0 Å². The molecule has 0 N–H and O–H groups in total. The molecule has 1 atom stereocenters. The smallest absolute Gasteiger partial charge is 0.306 e. The van der Waals surface area contributed by atoms with E-state index < -0.39 is 6.10 Å². The average molecular weight is 1120 g/mol. The molecular formula is C75H126O6. The number of ether oxygens (including phenoxy) is 3. The summed E-state index contributed by atoms with van der Waals surface area (Å²) in [6, 6.07) is 0. The number of rotatable bonds is 61. The Morgan fingerprint density at radius 3 is 0.753 bits per heavy atom. The molecule has 81 heavy (non-hydrogen) atoms. The first kappa shape index (κ1) is 76.8. The van der Waals surface area contributed by atoms with Crippen molar-refractivity contribution in [1.29, 1.82) is 0 Å². The highest BCUT2D eigenvalue weighted by molar-refractivity contribution is 5.71. The predicted octanol–water partition coefficient (Wildman–Crippen LogP) is 23.6. The van der Waals surface area contributed by atoms with Crippen LogP contribution in [0.3, 0.4) is 0 Å². The molecule has 0 aliphatic carbocycles. The molecule has 1 unspecified atom stereocenters. The van der Waals surface area contributed by atoms with Crippen molar-refractivity contribution >= 4 is 17.9 Å². The monoisotopic (exact) mass is 1120 g/mol. The highest BCUT2D eigenvalue weighted by atomic mass is 16.6. The Balaban J connectivity index is 4.42. The lowest BCUT2D eigenvalue weighted by Gasteiger charge is -2.18. The number of hydrogen-bond acceptors (Lipinski definition) is 6. The summed E-state index contributed by atoms with van der Waals surface area (Å²) in [5, 5.41) is 0. The van der Waals surface area contributed by atoms with Crippen LogP contribution in [0.2, 0.25) is 0 Å². The molecular weight excluding hydrogens is 997 g/mol. The van der Waals surface area contributed by atoms with Crippen LogP contribution in [0.5, 0.6) is 0 Å². The molecule has 6 heteroatoms. The zero-order chi connectivity index (χ0) is 58.5. The zero-order valence-electron chi connectivity index (χ0n) is 53.0. The lowest BCUT2D eigenvalue weighted by atomic mass is 10.0. The Kier molecular flexibility index (Phi) is 64.8. The number of carbonyl (C=O) groups is 3. The van der Waals surface area contributed by atoms with Crippen LogP contribution in [0.25, 0.3) is 0 Å². The molecule has 0 aliphatic heterocycles. The maximum Gasteiger partial charge on any atom is 0.306 e. The van der Waals surface area contributed by atoms with Gasteiger partial charge >= 0.3 is 17.9 Å². The molecule has 0 aromatic carbocycles. The molecule has 0 spiro atoms. The number of carbonyl (C=O) groups excluding carboxylic acids is 3. The Labute approximate surface area is 501 Å². The molecule has 6 nitrogen and oxygen atoms in total. The lowest BCUT2D eigenvalue weighted by Crippen LogP contribution is -2.30. The van der Waals surface area contributed by atoms with E-state index in [9.17, 15) is 14.4 Å². The maximum absolute atomic E-state index is 13.0. The van der Waals surface area contributed by atoms with Crippen LogP contribution >= 0.6 is 0 Å². The minimum absolute atomic E-state index is 0.0857. The van der Waals surface area contributed by atoms with Gasteiger partial charge in [0, 0.05) is 19.3 Å². The van der Waals surface area contributed by atoms with E-state index in [1.165, 1.54) is 135 Å². The standard InChI is InChI=1S/C75H126O6/c1-4-7-10-13-16-19-22-25-28-31-33-35-36-37-38-40-41-44-47-50-53-56-59-62-65-68-74(77)80-71-72(70-79-73(76)67-64-61-58-55-52-49-46-43-30-27-24-21-18-15-12-9-6-3)81-75(78)69-66-63-60-57-54-51-48-45-42-39-34-32-29-26-23-20-17-14-11-8-5-2/h7-8,10-11,16-17,19-20,25-26,28-29,33-35,37-39,41,44,72H,4-6,9,12-15,18,21-24,27,30-32,36,40,42-43,45-71H2,1-3H3/b10-7-,11-8-,19-16-,20-17-,28-25-,29-26-,35-33-,38-37-,39-34-,44-41-. The van der Waals surface area contributed by atoms with E-state index >= 15 is 0 Å². The van der Waals surface area contributed by atoms with Gasteiger partial charge in [-0.15, -0.1) is 0 Å². The maximum atomic E-state index is 13.0. The topological polar surface area (TPSA) is 78.9 Å². The van der Waals surface area contributed by atoms with Crippen LogP contribution < -0.4 is 0 Å². The summed E-state index contributed by atoms with van der Waals surface area (Å²) in [6.07, 6.45) is 94.9. The van der Waals surface area contributed by atoms with Gasteiger partial charge in [0.15, 0.2) is 6.10 Å². The van der Waals surface area contributed by atoms with Crippen LogP contribution in [0.4, 0.5) is 0 Å². The third-order valence-electron chi connectivity index (χ3n) is 14.5. The molecule has 462 valence electrons. The minimum atomic E-state index is -0.793. The second-order valence-electron chi connectivity index (χ2n) is 22.3. The van der Waals surface area contributed by atoms with Gasteiger partial charge < -0.3 is 14.2 Å². The highest BCUT2D eigenvalue weighted by Gasteiger charge is 2.19. The lowest BCUT2D eigenvalue weighted by molar-refractivity contribution is -0.167. The summed E-state index contributed by atoms with van der Waals surface area (Å²) in [7, 11) is 0. The molecule has 0 saturated carbocycles. The highest BCUT2D eigenvalue weighted by Crippen LogP contribution is 2.17. The molecule has 0 radical (unpaired) electrons. The third-order valence-corrected chi connectivity index (χ3v) is 14.5. The number of hydrogen-bond donors (Lipinski definition) is 0. The van der Waals surface area contributed by atoms with Crippen molar-refractivity contribution in [2.45, 2.75) is 322 Å². The van der Waals surface area contributed by atoms with Gasteiger partial charge in [-0.2, -0.15) is 0 Å². The molecule has 0 heterocycles. The fraction of sp³-hybridized carbons (Fsp3) is 0.693. The van der Waals surface area contributed by atoms with Crippen molar-refractivity contribution in [3.8, 4) is 0 Å². The second-order valence-corrected chi connectivity index (χ2v) is 22.3. The molecule has 0 aliphatic rings. The molecule has 0 aromatic heterocycles. The van der Waals surface area contributed by atoms with E-state index in [0.717, 1.165) is 141 Å². The normalized spacial score (nSPS) is 12.9. The largest absolute Gasteiger partial charge is 0.462 e. The van der Waals surface area contributed by atoms with E-state index in [0.29, 0.717) is 19.3 Å². The number of unbranched alkanes of at least 4 members (excludes halogenated alkanes) is 30. The van der Waals surface area contributed by atoms with Crippen molar-refractivity contribution in [1.82, 2.24) is 0 Å². The third kappa shape index (κ3) is 66.5. The Bertz CT molecular complexity index is 1670. The quantitative estimate of drug-likeness (QED) is 0.0261. The number of esters is 3. The summed E-state index contributed by atoms with van der Waals surface area (Å²) in [6.45, 7) is 6.43. The van der Waals surface area contributed by atoms with Gasteiger partial charge in [-0.1, -0.05) is 309 Å². The molecule has 0 amide bonds. The molecule has 0 rings (SSSR count). The molecule has 0 aromatic rings. The first-order chi connectivity index (χ1) is 40.0. The van der Waals surface area contributed by atoms with Crippen LogP contribution in [-0.2, 0) is 28.6 Å². The van der Waals surface area contributed by atoms with Gasteiger partial charge in [0.2, 0.25) is 0 Å². The summed E-state index contributed by atoms with van der Waals surface area (Å²) >= 11 is 0. The summed E-state index contributed by atoms with van der Waals surface area (Å²) in [5.74, 6) is -0.898. The van der Waals surface area contributed by atoms with Crippen LogP contribution in [0, 0.1) is 0 Å². The minimum Gasteiger partial charge on any atom is -0.462 e. The fourth-order valence-electron chi connectivity index (χ4n) is 9.44. The molecule has 0 fully saturated rings. The Morgan fingerprint density at radius 2 is 0.481 bits per heavy atom. The van der Waals surface area contributed by atoms with E-state index in [-0.39, 0.29) is 31.1 Å². The first-order valence-electron chi connectivity index (χ1n) is 34.0. The molecule has 0 bridgehead atoms. The number of allylic oxidation sites excluding steroid dienone is 20. The SMILES string of the molecule is CC/C=C\C/C=C\C/C=C\C/C=C\C/C=C\C/C=C\CCCCCCCCC(=O)OCC(COC(=O)CCCCCCCCCCCCCCCCCCC)OC(=O)CCCCCCCCCC/C=C\C/C=C\C/C=C\C/C=C\CC. The van der Waals surface area contributed by atoms with Crippen molar-refractivity contribution in [3.05, 3.63) is 122 Å². The fourth-order valence-corrected chi connectivity index (χ4v) is 9.44. The van der Waals surface area contributed by atoms with E-state index in [1.54, 1.807) is 0 Å². The summed E-state index contributed by atoms with van der Waals surface area (Å²) in [5.41, 5.74) is 0. The van der Waals surface area contributed by atoms with E-state index in [4.69, 9.17) is 14.2 Å². The van der Waals surface area contributed by atoms with Crippen molar-refractivity contribution < 1.29 is 28.6 Å². The average Bonchev–Trinajstić information content (AvgIpc) is 3.47. The van der Waals surface area contributed by atoms with Gasteiger partial charge in [0.25, 0.3) is 0 Å². The van der Waals surface area contributed by atoms with Crippen LogP contribution in [0.1, 0.15) is 316 Å². The predicted molar refractivity (Wildman–Crippen MR) is 353 cm³/mol. The first-order valence-corrected chi connectivity index (χ1v) is 34.0. The second kappa shape index (κ2) is 68.3. The molecule has 0 saturated heterocycles. The van der Waals surface area contributed by atoms with Crippen molar-refractivity contribution in [2.75, 3.05) is 13.2 Å². The van der Waals surface area contributed by atoms with Crippen LogP contribution in [-0.4, -0.2) is 37.2 Å². The van der Waals surface area contributed by atoms with Crippen LogP contribution in [0.15, 0.2) is 122 Å². The zero-order valence-corrected chi connectivity index (χ0v) is 53.0. The Hall–Kier alpha value is -4.19. The van der Waals surface area contributed by atoms with Gasteiger partial charge in [0.1, 0.15) is 13.2 Å². The van der Waals surface area contributed by atoms with Gasteiger partial charge in [-0.05, 0) is 109 Å².